The zero-order valence-corrected chi connectivity index (χ0v) is 6.93. The smallest absolute Gasteiger partial charge is 0.00861 e. The van der Waals surface area contributed by atoms with Gasteiger partial charge in [-0.1, -0.05) is 20.3 Å². The number of hydrogen-bond acceptors (Lipinski definition) is 2. The van der Waals surface area contributed by atoms with Crippen molar-refractivity contribution in [2.24, 2.45) is 17.6 Å². The van der Waals surface area contributed by atoms with Crippen LogP contribution in [0.1, 0.15) is 33.1 Å². The lowest BCUT2D eigenvalue weighted by atomic mass is 10.1. The Kier molecular flexibility index (Phi) is 13.8. The lowest BCUT2D eigenvalue weighted by Crippen LogP contribution is -2.02. The molecule has 2 nitrogen and oxygen atoms in total. The Morgan fingerprint density at radius 2 is 1.90 bits per heavy atom. The first-order chi connectivity index (χ1) is 4.77. The molecule has 0 saturated carbocycles. The molecule has 0 aromatic heterocycles. The number of terminal acetylenes is 1. The van der Waals surface area contributed by atoms with E-state index in [0.29, 0.717) is 0 Å². The molecule has 0 spiro atoms. The van der Waals surface area contributed by atoms with Crippen molar-refractivity contribution in [2.45, 2.75) is 33.1 Å². The molecule has 10 heavy (non-hydrogen) atoms. The van der Waals surface area contributed by atoms with E-state index < -0.39 is 0 Å². The van der Waals surface area contributed by atoms with Crippen LogP contribution in [0.2, 0.25) is 0 Å². The fraction of sp³-hybridized carbons (Fsp3) is 0.750. The third-order valence-corrected chi connectivity index (χ3v) is 1.10. The number of hydrazine groups is 1. The summed E-state index contributed by atoms with van der Waals surface area (Å²) in [5, 5.41) is 0. The topological polar surface area (TPSA) is 52.0 Å². The van der Waals surface area contributed by atoms with E-state index in [1.165, 1.54) is 12.8 Å². The highest BCUT2D eigenvalue weighted by molar-refractivity contribution is 4.82. The van der Waals surface area contributed by atoms with Gasteiger partial charge in [0.05, 0.1) is 0 Å². The van der Waals surface area contributed by atoms with Crippen LogP contribution in [0.15, 0.2) is 0 Å². The largest absolute Gasteiger partial charge is 0.274 e. The molecule has 60 valence electrons. The van der Waals surface area contributed by atoms with Crippen molar-refractivity contribution < 1.29 is 0 Å². The van der Waals surface area contributed by atoms with Crippen LogP contribution in [0, 0.1) is 18.3 Å². The molecule has 2 heteroatoms. The monoisotopic (exact) mass is 142 g/mol. The van der Waals surface area contributed by atoms with Gasteiger partial charge in [0.25, 0.3) is 0 Å². The van der Waals surface area contributed by atoms with Crippen LogP contribution in [0.3, 0.4) is 0 Å². The standard InChI is InChI=1S/C8H14.H4N2/c1-4-5-6-7-8(2)3;1-2/h1,8H,5-7H2,2-3H3;1-2H2. The molecular weight excluding hydrogens is 124 g/mol. The van der Waals surface area contributed by atoms with Crippen molar-refractivity contribution in [3.05, 3.63) is 0 Å². The van der Waals surface area contributed by atoms with Crippen LogP contribution >= 0.6 is 0 Å². The Morgan fingerprint density at radius 3 is 2.20 bits per heavy atom. The first-order valence-corrected chi connectivity index (χ1v) is 3.54. The molecule has 0 amide bonds. The second-order valence-electron chi connectivity index (χ2n) is 2.49. The summed E-state index contributed by atoms with van der Waals surface area (Å²) in [7, 11) is 0. The molecule has 0 rings (SSSR count). The predicted molar refractivity (Wildman–Crippen MR) is 45.9 cm³/mol. The first kappa shape index (κ1) is 12.2. The normalized spacial score (nSPS) is 8.00. The fourth-order valence-corrected chi connectivity index (χ4v) is 0.612. The van der Waals surface area contributed by atoms with Crippen LogP contribution < -0.4 is 11.7 Å². The second-order valence-corrected chi connectivity index (χ2v) is 2.49. The summed E-state index contributed by atoms with van der Waals surface area (Å²) in [6, 6.07) is 0. The Bertz CT molecular complexity index is 81.7. The second kappa shape index (κ2) is 11.3. The van der Waals surface area contributed by atoms with Crippen LogP contribution in [-0.2, 0) is 0 Å². The summed E-state index contributed by atoms with van der Waals surface area (Å²) in [6.07, 6.45) is 8.46. The zero-order chi connectivity index (χ0) is 8.41. The van der Waals surface area contributed by atoms with E-state index in [2.05, 4.69) is 31.5 Å². The minimum absolute atomic E-state index is 0.809. The molecule has 0 aliphatic rings. The summed E-state index contributed by atoms with van der Waals surface area (Å²) < 4.78 is 0. The highest BCUT2D eigenvalue weighted by atomic mass is 15.0. The van der Waals surface area contributed by atoms with E-state index in [4.69, 9.17) is 6.42 Å². The molecule has 0 fully saturated rings. The summed E-state index contributed by atoms with van der Waals surface area (Å²) in [4.78, 5) is 0. The third-order valence-electron chi connectivity index (χ3n) is 1.10. The van der Waals surface area contributed by atoms with E-state index >= 15 is 0 Å². The molecule has 0 bridgehead atoms. The molecule has 0 aliphatic carbocycles. The van der Waals surface area contributed by atoms with Gasteiger partial charge in [-0.2, -0.15) is 0 Å². The molecule has 0 radical (unpaired) electrons. The van der Waals surface area contributed by atoms with Crippen LogP contribution in [0.4, 0.5) is 0 Å². The molecule has 0 saturated heterocycles. The van der Waals surface area contributed by atoms with Crippen molar-refractivity contribution >= 4 is 0 Å². The summed E-state index contributed by atoms with van der Waals surface area (Å²) in [5.41, 5.74) is 0. The van der Waals surface area contributed by atoms with E-state index in [1.54, 1.807) is 0 Å². The van der Waals surface area contributed by atoms with Gasteiger partial charge in [-0.15, -0.1) is 12.3 Å². The first-order valence-electron chi connectivity index (χ1n) is 3.54. The van der Waals surface area contributed by atoms with Crippen molar-refractivity contribution in [3.63, 3.8) is 0 Å². The van der Waals surface area contributed by atoms with Crippen molar-refractivity contribution in [1.82, 2.24) is 0 Å². The molecule has 0 aromatic carbocycles. The van der Waals surface area contributed by atoms with E-state index in [1.807, 2.05) is 0 Å². The maximum atomic E-state index is 5.06. The van der Waals surface area contributed by atoms with Gasteiger partial charge in [0, 0.05) is 6.42 Å². The zero-order valence-electron chi connectivity index (χ0n) is 6.93. The Labute approximate surface area is 63.9 Å². The van der Waals surface area contributed by atoms with Gasteiger partial charge < -0.3 is 0 Å². The van der Waals surface area contributed by atoms with Crippen LogP contribution in [0.5, 0.6) is 0 Å². The minimum atomic E-state index is 0.809. The number of rotatable bonds is 3. The third kappa shape index (κ3) is 15.6. The molecule has 0 unspecified atom stereocenters. The Morgan fingerprint density at radius 1 is 1.40 bits per heavy atom. The van der Waals surface area contributed by atoms with Crippen molar-refractivity contribution in [2.75, 3.05) is 0 Å². The molecule has 4 N–H and O–H groups in total. The Balaban J connectivity index is 0. The molecule has 0 aliphatic heterocycles. The summed E-state index contributed by atoms with van der Waals surface area (Å²) >= 11 is 0. The lowest BCUT2D eigenvalue weighted by Gasteiger charge is -1.98. The van der Waals surface area contributed by atoms with Gasteiger partial charge in [-0.3, -0.25) is 11.7 Å². The quantitative estimate of drug-likeness (QED) is 0.270. The van der Waals surface area contributed by atoms with Gasteiger partial charge in [0.2, 0.25) is 0 Å². The average Bonchev–Trinajstić information content (AvgIpc) is 1.92. The van der Waals surface area contributed by atoms with Gasteiger partial charge >= 0.3 is 0 Å². The molecule has 0 heterocycles. The fourth-order valence-electron chi connectivity index (χ4n) is 0.612. The van der Waals surface area contributed by atoms with E-state index in [9.17, 15) is 0 Å². The molecule has 0 atom stereocenters. The lowest BCUT2D eigenvalue weighted by molar-refractivity contribution is 0.563. The maximum absolute atomic E-state index is 5.06. The highest BCUT2D eigenvalue weighted by Crippen LogP contribution is 2.04. The van der Waals surface area contributed by atoms with Gasteiger partial charge in [-0.05, 0) is 12.3 Å². The van der Waals surface area contributed by atoms with Gasteiger partial charge in [0.15, 0.2) is 0 Å². The predicted octanol–water partition coefficient (Wildman–Crippen LogP) is 1.26. The highest BCUT2D eigenvalue weighted by Gasteiger charge is 1.89. The van der Waals surface area contributed by atoms with Crippen LogP contribution in [-0.4, -0.2) is 0 Å². The maximum Gasteiger partial charge on any atom is 0.00861 e. The van der Waals surface area contributed by atoms with Gasteiger partial charge in [0.1, 0.15) is 0 Å². The van der Waals surface area contributed by atoms with E-state index in [0.717, 1.165) is 12.3 Å². The number of nitrogens with two attached hydrogens (primary N) is 2. The Hall–Kier alpha value is -0.520. The average molecular weight is 142 g/mol. The van der Waals surface area contributed by atoms with Crippen LogP contribution in [0.25, 0.3) is 0 Å². The van der Waals surface area contributed by atoms with Crippen molar-refractivity contribution in [1.29, 1.82) is 0 Å². The summed E-state index contributed by atoms with van der Waals surface area (Å²) in [5.74, 6) is 11.4. The minimum Gasteiger partial charge on any atom is -0.274 e. The molecule has 0 aromatic rings. The van der Waals surface area contributed by atoms with E-state index in [-0.39, 0.29) is 0 Å². The SMILES string of the molecule is C#CCCCC(C)C.NN. The molecular formula is C8H18N2. The number of unbranched alkanes of at least 4 members (excludes halogenated alkanes) is 1. The summed E-state index contributed by atoms with van der Waals surface area (Å²) in [6.45, 7) is 4.44. The number of hydrogen-bond donors (Lipinski definition) is 2. The van der Waals surface area contributed by atoms with Gasteiger partial charge in [-0.25, -0.2) is 0 Å². The van der Waals surface area contributed by atoms with Crippen molar-refractivity contribution in [3.8, 4) is 12.3 Å².